The van der Waals surface area contributed by atoms with Gasteiger partial charge in [-0.25, -0.2) is 0 Å². The SMILES string of the molecule is C[C@@H]1C/C=C\CCC(=O)N[C@H]2CCC[C@H]2OC1=O. The first-order chi connectivity index (χ1) is 8.66. The smallest absolute Gasteiger partial charge is 0.309 e. The average Bonchev–Trinajstić information content (AvgIpc) is 2.74. The quantitative estimate of drug-likeness (QED) is 0.529. The van der Waals surface area contributed by atoms with Crippen molar-refractivity contribution in [1.82, 2.24) is 5.32 Å². The molecule has 0 saturated heterocycles. The highest BCUT2D eigenvalue weighted by atomic mass is 16.5. The van der Waals surface area contributed by atoms with Gasteiger partial charge < -0.3 is 10.1 Å². The number of ether oxygens (including phenoxy) is 1. The van der Waals surface area contributed by atoms with Gasteiger partial charge in [0, 0.05) is 6.42 Å². The third-order valence-corrected chi connectivity index (χ3v) is 3.66. The number of hydrogen-bond acceptors (Lipinski definition) is 3. The monoisotopic (exact) mass is 251 g/mol. The fourth-order valence-electron chi connectivity index (χ4n) is 2.51. The minimum Gasteiger partial charge on any atom is -0.460 e. The van der Waals surface area contributed by atoms with E-state index in [2.05, 4.69) is 5.32 Å². The lowest BCUT2D eigenvalue weighted by atomic mass is 10.1. The van der Waals surface area contributed by atoms with Crippen LogP contribution in [-0.2, 0) is 14.3 Å². The molecule has 0 radical (unpaired) electrons. The fourth-order valence-corrected chi connectivity index (χ4v) is 2.51. The molecule has 0 aromatic rings. The highest BCUT2D eigenvalue weighted by Gasteiger charge is 2.32. The molecule has 1 saturated carbocycles. The lowest BCUT2D eigenvalue weighted by Crippen LogP contribution is -2.42. The predicted octanol–water partition coefficient (Wildman–Crippen LogP) is 1.94. The topological polar surface area (TPSA) is 55.4 Å². The van der Waals surface area contributed by atoms with Crippen LogP contribution in [0.2, 0.25) is 0 Å². The zero-order valence-corrected chi connectivity index (χ0v) is 10.9. The van der Waals surface area contributed by atoms with Gasteiger partial charge in [-0.1, -0.05) is 19.1 Å². The number of hydrogen-bond donors (Lipinski definition) is 1. The fraction of sp³-hybridized carbons (Fsp3) is 0.714. The van der Waals surface area contributed by atoms with Crippen LogP contribution in [0.3, 0.4) is 0 Å². The van der Waals surface area contributed by atoms with Crippen molar-refractivity contribution in [2.45, 2.75) is 57.6 Å². The van der Waals surface area contributed by atoms with Gasteiger partial charge in [0.25, 0.3) is 0 Å². The van der Waals surface area contributed by atoms with Crippen LogP contribution < -0.4 is 5.32 Å². The number of carbonyl (C=O) groups excluding carboxylic acids is 2. The van der Waals surface area contributed by atoms with E-state index in [9.17, 15) is 9.59 Å². The molecular formula is C14H21NO3. The summed E-state index contributed by atoms with van der Waals surface area (Å²) in [6.07, 6.45) is 8.53. The van der Waals surface area contributed by atoms with Gasteiger partial charge in [0.15, 0.2) is 0 Å². The summed E-state index contributed by atoms with van der Waals surface area (Å²) in [7, 11) is 0. The van der Waals surface area contributed by atoms with E-state index in [-0.39, 0.29) is 29.9 Å². The second-order valence-corrected chi connectivity index (χ2v) is 5.23. The van der Waals surface area contributed by atoms with Crippen LogP contribution in [0.1, 0.15) is 45.4 Å². The van der Waals surface area contributed by atoms with Gasteiger partial charge in [0.2, 0.25) is 5.91 Å². The molecule has 4 heteroatoms. The average molecular weight is 251 g/mol. The van der Waals surface area contributed by atoms with Gasteiger partial charge in [0.1, 0.15) is 6.10 Å². The van der Waals surface area contributed by atoms with Crippen molar-refractivity contribution < 1.29 is 14.3 Å². The van der Waals surface area contributed by atoms with Gasteiger partial charge in [-0.3, -0.25) is 9.59 Å². The van der Waals surface area contributed by atoms with Crippen LogP contribution in [-0.4, -0.2) is 24.0 Å². The van der Waals surface area contributed by atoms with Gasteiger partial charge >= 0.3 is 5.97 Å². The summed E-state index contributed by atoms with van der Waals surface area (Å²) >= 11 is 0. The van der Waals surface area contributed by atoms with E-state index in [1.807, 2.05) is 19.1 Å². The summed E-state index contributed by atoms with van der Waals surface area (Å²) in [4.78, 5) is 23.6. The summed E-state index contributed by atoms with van der Waals surface area (Å²) < 4.78 is 5.52. The summed E-state index contributed by atoms with van der Waals surface area (Å²) in [5.74, 6) is -0.190. The van der Waals surface area contributed by atoms with Crippen molar-refractivity contribution in [1.29, 1.82) is 0 Å². The molecule has 1 N–H and O–H groups in total. The third-order valence-electron chi connectivity index (χ3n) is 3.66. The number of esters is 1. The molecule has 2 aliphatic rings. The number of fused-ring (bicyclic) bond motifs is 1. The number of rotatable bonds is 0. The molecule has 0 aromatic heterocycles. The summed E-state index contributed by atoms with van der Waals surface area (Å²) in [5.41, 5.74) is 0. The van der Waals surface area contributed by atoms with Crippen LogP contribution in [0.15, 0.2) is 12.2 Å². The molecule has 4 nitrogen and oxygen atoms in total. The van der Waals surface area contributed by atoms with E-state index < -0.39 is 0 Å². The van der Waals surface area contributed by atoms with Crippen LogP contribution in [0, 0.1) is 5.92 Å². The van der Waals surface area contributed by atoms with Crippen LogP contribution in [0.4, 0.5) is 0 Å². The molecule has 2 rings (SSSR count). The zero-order chi connectivity index (χ0) is 13.0. The first kappa shape index (κ1) is 13.1. The number of amides is 1. The van der Waals surface area contributed by atoms with Crippen LogP contribution in [0.5, 0.6) is 0 Å². The Morgan fingerprint density at radius 1 is 1.28 bits per heavy atom. The minimum atomic E-state index is -0.147. The molecule has 3 atom stereocenters. The van der Waals surface area contributed by atoms with Crippen molar-refractivity contribution in [3.8, 4) is 0 Å². The zero-order valence-electron chi connectivity index (χ0n) is 10.9. The van der Waals surface area contributed by atoms with Crippen molar-refractivity contribution in [2.24, 2.45) is 5.92 Å². The molecule has 0 aromatic carbocycles. The Morgan fingerprint density at radius 3 is 2.94 bits per heavy atom. The van der Waals surface area contributed by atoms with E-state index in [1.165, 1.54) is 0 Å². The maximum atomic E-state index is 11.9. The first-order valence-electron chi connectivity index (χ1n) is 6.81. The van der Waals surface area contributed by atoms with Crippen LogP contribution >= 0.6 is 0 Å². The molecule has 0 bridgehead atoms. The summed E-state index contributed by atoms with van der Waals surface area (Å²) in [5, 5.41) is 2.98. The third kappa shape index (κ3) is 3.34. The Morgan fingerprint density at radius 2 is 2.11 bits per heavy atom. The highest BCUT2D eigenvalue weighted by molar-refractivity contribution is 5.77. The largest absolute Gasteiger partial charge is 0.460 e. The van der Waals surface area contributed by atoms with Crippen LogP contribution in [0.25, 0.3) is 0 Å². The summed E-state index contributed by atoms with van der Waals surface area (Å²) in [6.45, 7) is 1.89. The second-order valence-electron chi connectivity index (χ2n) is 5.23. The maximum Gasteiger partial charge on any atom is 0.309 e. The number of carbonyl (C=O) groups is 2. The van der Waals surface area contributed by atoms with Crippen molar-refractivity contribution in [2.75, 3.05) is 0 Å². The minimum absolute atomic E-state index is 0.0112. The molecule has 1 heterocycles. The second kappa shape index (κ2) is 6.03. The van der Waals surface area contributed by atoms with E-state index in [0.29, 0.717) is 12.8 Å². The Labute approximate surface area is 108 Å². The Kier molecular flexibility index (Phi) is 4.39. The molecule has 0 unspecified atom stereocenters. The van der Waals surface area contributed by atoms with Gasteiger partial charge in [-0.05, 0) is 32.1 Å². The van der Waals surface area contributed by atoms with Crippen molar-refractivity contribution in [3.05, 3.63) is 12.2 Å². The Bertz CT molecular complexity index is 351. The van der Waals surface area contributed by atoms with E-state index >= 15 is 0 Å². The molecule has 1 amide bonds. The lowest BCUT2D eigenvalue weighted by molar-refractivity contribution is -0.154. The number of allylic oxidation sites excluding steroid dienone is 2. The van der Waals surface area contributed by atoms with E-state index in [1.54, 1.807) is 0 Å². The standard InChI is InChI=1S/C14H21NO3/c1-10-6-3-2-4-9-13(16)15-11-7-5-8-12(11)18-14(10)17/h2-3,10-12H,4-9H2,1H3,(H,15,16)/b3-2-/t10-,11+,12-/m1/s1. The summed E-state index contributed by atoms with van der Waals surface area (Å²) in [6, 6.07) is 0.0112. The molecule has 1 aliphatic heterocycles. The molecule has 0 spiro atoms. The van der Waals surface area contributed by atoms with Gasteiger partial charge in [0.05, 0.1) is 12.0 Å². The van der Waals surface area contributed by atoms with E-state index in [0.717, 1.165) is 25.7 Å². The first-order valence-corrected chi connectivity index (χ1v) is 6.81. The molecule has 1 aliphatic carbocycles. The van der Waals surface area contributed by atoms with Gasteiger partial charge in [-0.15, -0.1) is 0 Å². The van der Waals surface area contributed by atoms with E-state index in [4.69, 9.17) is 4.74 Å². The molecular weight excluding hydrogens is 230 g/mol. The Hall–Kier alpha value is -1.32. The Balaban J connectivity index is 2.06. The predicted molar refractivity (Wildman–Crippen MR) is 67.8 cm³/mol. The molecule has 18 heavy (non-hydrogen) atoms. The molecule has 1 fully saturated rings. The van der Waals surface area contributed by atoms with Gasteiger partial charge in [-0.2, -0.15) is 0 Å². The van der Waals surface area contributed by atoms with Crippen molar-refractivity contribution >= 4 is 11.9 Å². The maximum absolute atomic E-state index is 11.9. The van der Waals surface area contributed by atoms with Crippen molar-refractivity contribution in [3.63, 3.8) is 0 Å². The molecule has 100 valence electrons. The highest BCUT2D eigenvalue weighted by Crippen LogP contribution is 2.24. The normalized spacial score (nSPS) is 35.7. The lowest BCUT2D eigenvalue weighted by Gasteiger charge is -2.23. The number of nitrogens with one attached hydrogen (secondary N) is 1.